The van der Waals surface area contributed by atoms with Gasteiger partial charge in [0.25, 0.3) is 0 Å². The van der Waals surface area contributed by atoms with E-state index in [1.807, 2.05) is 35.8 Å². The molecule has 2 N–H and O–H groups in total. The number of hydrogen-bond donors (Lipinski definition) is 2. The summed E-state index contributed by atoms with van der Waals surface area (Å²) in [5.74, 6) is -0.540. The third-order valence-corrected chi connectivity index (χ3v) is 2.83. The zero-order valence-electron chi connectivity index (χ0n) is 10.7. The monoisotopic (exact) mass is 291 g/mol. The van der Waals surface area contributed by atoms with Crippen molar-refractivity contribution >= 4 is 23.2 Å². The lowest BCUT2D eigenvalue weighted by molar-refractivity contribution is 0.0526. The van der Waals surface area contributed by atoms with Crippen molar-refractivity contribution in [3.8, 4) is 5.69 Å². The van der Waals surface area contributed by atoms with E-state index in [1.165, 1.54) is 10.9 Å². The molecule has 0 bridgehead atoms. The maximum atomic E-state index is 11.9. The number of nitrogens with zero attached hydrogens (tertiary/aromatic N) is 2. The van der Waals surface area contributed by atoms with Crippen molar-refractivity contribution in [3.05, 3.63) is 47.8 Å². The Balaban J connectivity index is 2.47. The summed E-state index contributed by atoms with van der Waals surface area (Å²) in [6.45, 7) is 1.95. The molecule has 0 aliphatic rings. The van der Waals surface area contributed by atoms with Crippen molar-refractivity contribution in [2.24, 2.45) is 0 Å². The topological polar surface area (TPSA) is 76.4 Å². The van der Waals surface area contributed by atoms with Gasteiger partial charge in [0.2, 0.25) is 0 Å². The van der Waals surface area contributed by atoms with Crippen LogP contribution in [0, 0.1) is 0 Å². The molecule has 0 atom stereocenters. The van der Waals surface area contributed by atoms with E-state index in [4.69, 9.17) is 22.2 Å². The number of aromatic nitrogens is 2. The van der Waals surface area contributed by atoms with Crippen LogP contribution in [-0.2, 0) is 4.74 Å². The number of nitrogens with one attached hydrogen (secondary N) is 1. The molecule has 20 heavy (non-hydrogen) atoms. The second kappa shape index (κ2) is 6.27. The lowest BCUT2D eigenvalue weighted by atomic mass is 10.2. The van der Waals surface area contributed by atoms with Crippen molar-refractivity contribution in [2.45, 2.75) is 6.92 Å². The van der Waals surface area contributed by atoms with Crippen LogP contribution in [0.5, 0.6) is 0 Å². The number of esters is 1. The van der Waals surface area contributed by atoms with Gasteiger partial charge < -0.3 is 4.74 Å². The average Bonchev–Trinajstić information content (AvgIpc) is 2.93. The Morgan fingerprint density at radius 3 is 2.75 bits per heavy atom. The molecule has 0 unspecified atom stereocenters. The number of rotatable bonds is 4. The highest BCUT2D eigenvalue weighted by atomic mass is 32.1. The van der Waals surface area contributed by atoms with E-state index in [0.29, 0.717) is 0 Å². The fourth-order valence-corrected chi connectivity index (χ4v) is 1.82. The Bertz CT molecular complexity index is 625. The van der Waals surface area contributed by atoms with Crippen molar-refractivity contribution < 1.29 is 14.7 Å². The Labute approximate surface area is 120 Å². The highest BCUT2D eigenvalue weighted by Crippen LogP contribution is 2.14. The summed E-state index contributed by atoms with van der Waals surface area (Å²) in [5, 5.41) is 13.1. The number of thiocarbonyl (C=S) groups is 1. The fourth-order valence-electron chi connectivity index (χ4n) is 1.67. The van der Waals surface area contributed by atoms with Crippen LogP contribution in [0.3, 0.4) is 0 Å². The Morgan fingerprint density at radius 2 is 2.15 bits per heavy atom. The zero-order valence-corrected chi connectivity index (χ0v) is 11.6. The molecule has 0 amide bonds. The molecule has 104 valence electrons. The Kier molecular flexibility index (Phi) is 4.44. The minimum absolute atomic E-state index is 0.0391. The normalized spacial score (nSPS) is 10.1. The van der Waals surface area contributed by atoms with Gasteiger partial charge in [0.15, 0.2) is 4.99 Å². The van der Waals surface area contributed by atoms with Crippen LogP contribution in [0.1, 0.15) is 23.0 Å². The molecular formula is C13H13N3O3S. The van der Waals surface area contributed by atoms with Crippen LogP contribution in [0.4, 0.5) is 0 Å². The first-order valence-electron chi connectivity index (χ1n) is 5.94. The Hall–Kier alpha value is -2.25. The van der Waals surface area contributed by atoms with E-state index in [9.17, 15) is 4.79 Å². The van der Waals surface area contributed by atoms with Gasteiger partial charge in [0, 0.05) is 6.20 Å². The number of carbonyl (C=O) groups excluding carboxylic acids is 1. The second-order valence-electron chi connectivity index (χ2n) is 3.83. The third kappa shape index (κ3) is 2.84. The summed E-state index contributed by atoms with van der Waals surface area (Å²) in [6.07, 6.45) is 1.52. The van der Waals surface area contributed by atoms with E-state index in [1.54, 1.807) is 6.92 Å². The van der Waals surface area contributed by atoms with Crippen LogP contribution in [0.15, 0.2) is 36.5 Å². The van der Waals surface area contributed by atoms with Crippen LogP contribution in [0.2, 0.25) is 0 Å². The number of benzene rings is 1. The van der Waals surface area contributed by atoms with Crippen LogP contribution in [-0.4, -0.2) is 32.6 Å². The van der Waals surface area contributed by atoms with E-state index >= 15 is 0 Å². The summed E-state index contributed by atoms with van der Waals surface area (Å²) < 4.78 is 6.46. The number of ether oxygens (including phenoxy) is 1. The number of para-hydroxylation sites is 1. The highest BCUT2D eigenvalue weighted by Gasteiger charge is 2.21. The molecule has 0 fully saturated rings. The lowest BCUT2D eigenvalue weighted by Gasteiger charge is -2.01. The first kappa shape index (κ1) is 14.2. The largest absolute Gasteiger partial charge is 0.462 e. The van der Waals surface area contributed by atoms with Gasteiger partial charge in [0.1, 0.15) is 11.3 Å². The molecule has 1 aromatic heterocycles. The van der Waals surface area contributed by atoms with E-state index in [0.717, 1.165) is 5.69 Å². The molecule has 0 saturated heterocycles. The summed E-state index contributed by atoms with van der Waals surface area (Å²) in [4.78, 5) is 11.8. The molecule has 0 radical (unpaired) electrons. The molecular weight excluding hydrogens is 278 g/mol. The molecule has 6 nitrogen and oxygen atoms in total. The number of carbonyl (C=O) groups is 1. The fraction of sp³-hybridized carbons (Fsp3) is 0.154. The van der Waals surface area contributed by atoms with E-state index in [-0.39, 0.29) is 22.9 Å². The molecule has 1 heterocycles. The smallest absolute Gasteiger partial charge is 0.342 e. The first-order valence-corrected chi connectivity index (χ1v) is 6.34. The van der Waals surface area contributed by atoms with Gasteiger partial charge in [-0.25, -0.2) is 9.48 Å². The Morgan fingerprint density at radius 1 is 1.45 bits per heavy atom. The molecule has 0 aliphatic carbocycles. The van der Waals surface area contributed by atoms with Gasteiger partial charge in [-0.05, 0) is 19.1 Å². The maximum Gasteiger partial charge on any atom is 0.342 e. The third-order valence-electron chi connectivity index (χ3n) is 2.55. The summed E-state index contributed by atoms with van der Waals surface area (Å²) in [5.41, 5.74) is 2.97. The van der Waals surface area contributed by atoms with Gasteiger partial charge in [-0.1, -0.05) is 30.4 Å². The van der Waals surface area contributed by atoms with Crippen LogP contribution < -0.4 is 5.48 Å². The summed E-state index contributed by atoms with van der Waals surface area (Å²) >= 11 is 4.93. The van der Waals surface area contributed by atoms with E-state index < -0.39 is 5.97 Å². The molecule has 0 spiro atoms. The van der Waals surface area contributed by atoms with Crippen molar-refractivity contribution in [2.75, 3.05) is 6.61 Å². The number of hydrogen-bond acceptors (Lipinski definition) is 5. The molecule has 2 rings (SSSR count). The highest BCUT2D eigenvalue weighted by molar-refractivity contribution is 7.80. The van der Waals surface area contributed by atoms with Gasteiger partial charge >= 0.3 is 5.97 Å². The maximum absolute atomic E-state index is 11.9. The predicted octanol–water partition coefficient (Wildman–Crippen LogP) is 1.70. The van der Waals surface area contributed by atoms with Crippen molar-refractivity contribution in [3.63, 3.8) is 0 Å². The van der Waals surface area contributed by atoms with Gasteiger partial charge in [-0.3, -0.25) is 10.7 Å². The van der Waals surface area contributed by atoms with Crippen LogP contribution in [0.25, 0.3) is 5.69 Å². The van der Waals surface area contributed by atoms with Crippen molar-refractivity contribution in [1.29, 1.82) is 0 Å². The molecule has 7 heteroatoms. The van der Waals surface area contributed by atoms with Gasteiger partial charge in [-0.2, -0.15) is 5.10 Å². The second-order valence-corrected chi connectivity index (χ2v) is 4.24. The van der Waals surface area contributed by atoms with E-state index in [2.05, 4.69) is 5.10 Å². The summed E-state index contributed by atoms with van der Waals surface area (Å²) in [6, 6.07) is 9.25. The summed E-state index contributed by atoms with van der Waals surface area (Å²) in [7, 11) is 0. The van der Waals surface area contributed by atoms with Crippen LogP contribution >= 0.6 is 12.2 Å². The minimum atomic E-state index is -0.540. The SMILES string of the molecule is CCOC(=O)c1cn(-c2ccccc2)nc1C(=S)NO. The minimum Gasteiger partial charge on any atom is -0.462 e. The average molecular weight is 291 g/mol. The van der Waals surface area contributed by atoms with Gasteiger partial charge in [-0.15, -0.1) is 0 Å². The van der Waals surface area contributed by atoms with Crippen molar-refractivity contribution in [1.82, 2.24) is 15.3 Å². The first-order chi connectivity index (χ1) is 9.67. The number of hydroxylamine groups is 1. The van der Waals surface area contributed by atoms with Gasteiger partial charge in [0.05, 0.1) is 12.3 Å². The lowest BCUT2D eigenvalue weighted by Crippen LogP contribution is -2.21. The molecule has 0 aliphatic heterocycles. The predicted molar refractivity (Wildman–Crippen MR) is 76.1 cm³/mol. The quantitative estimate of drug-likeness (QED) is 0.507. The molecule has 1 aromatic carbocycles. The molecule has 2 aromatic rings. The molecule has 0 saturated carbocycles. The zero-order chi connectivity index (χ0) is 14.5. The standard InChI is InChI=1S/C13H13N3O3S/c1-2-19-13(17)10-8-16(9-6-4-3-5-7-9)14-11(10)12(20)15-18/h3-8,18H,2H2,1H3,(H,15,20).